The maximum absolute atomic E-state index is 13.8. The Balaban J connectivity index is 1.35. The van der Waals surface area contributed by atoms with Gasteiger partial charge in [-0.3, -0.25) is 9.78 Å². The lowest BCUT2D eigenvalue weighted by molar-refractivity contribution is 0.0667. The molecule has 29 heavy (non-hydrogen) atoms. The Labute approximate surface area is 168 Å². The molecule has 1 aliphatic heterocycles. The van der Waals surface area contributed by atoms with Crippen molar-refractivity contribution in [2.45, 2.75) is 32.6 Å². The van der Waals surface area contributed by atoms with Gasteiger partial charge in [-0.25, -0.2) is 4.39 Å². The molecule has 0 aliphatic carbocycles. The fourth-order valence-electron chi connectivity index (χ4n) is 3.69. The number of hydrogen-bond donors (Lipinski definition) is 0. The van der Waals surface area contributed by atoms with Gasteiger partial charge in [0.25, 0.3) is 11.8 Å². The topological polar surface area (TPSA) is 72.1 Å². The van der Waals surface area contributed by atoms with Crippen molar-refractivity contribution in [1.29, 1.82) is 0 Å². The number of halogens is 1. The summed E-state index contributed by atoms with van der Waals surface area (Å²) in [6.45, 7) is 3.07. The highest BCUT2D eigenvalue weighted by Gasteiger charge is 2.25. The summed E-state index contributed by atoms with van der Waals surface area (Å²) in [5.41, 5.74) is 1.80. The van der Waals surface area contributed by atoms with Gasteiger partial charge in [0.2, 0.25) is 0 Å². The summed E-state index contributed by atoms with van der Waals surface area (Å²) in [5.74, 6) is 1.08. The molecule has 1 fully saturated rings. The fourth-order valence-corrected chi connectivity index (χ4v) is 3.69. The van der Waals surface area contributed by atoms with Crippen LogP contribution in [0.3, 0.4) is 0 Å². The number of aryl methyl sites for hydroxylation is 2. The predicted molar refractivity (Wildman–Crippen MR) is 106 cm³/mol. The Bertz CT molecular complexity index is 989. The molecule has 0 N–H and O–H groups in total. The second-order valence-corrected chi connectivity index (χ2v) is 7.51. The number of benzene rings is 1. The van der Waals surface area contributed by atoms with E-state index < -0.39 is 0 Å². The molecule has 0 spiro atoms. The third-order valence-corrected chi connectivity index (χ3v) is 5.40. The van der Waals surface area contributed by atoms with E-state index in [1.807, 2.05) is 17.0 Å². The molecule has 1 unspecified atom stereocenters. The lowest BCUT2D eigenvalue weighted by Crippen LogP contribution is -2.40. The molecule has 1 saturated heterocycles. The van der Waals surface area contributed by atoms with Crippen molar-refractivity contribution >= 4 is 5.91 Å². The van der Waals surface area contributed by atoms with E-state index in [2.05, 4.69) is 15.1 Å². The molecule has 1 amide bonds. The van der Waals surface area contributed by atoms with Crippen LogP contribution in [-0.2, 0) is 6.42 Å². The van der Waals surface area contributed by atoms with E-state index in [4.69, 9.17) is 4.52 Å². The smallest absolute Gasteiger partial charge is 0.258 e. The molecule has 3 aromatic rings. The van der Waals surface area contributed by atoms with Crippen LogP contribution in [0.15, 0.2) is 47.2 Å². The minimum Gasteiger partial charge on any atom is -0.338 e. The predicted octanol–water partition coefficient (Wildman–Crippen LogP) is 4.06. The number of hydrogen-bond acceptors (Lipinski definition) is 5. The first-order valence-corrected chi connectivity index (χ1v) is 9.88. The molecule has 6 nitrogen and oxygen atoms in total. The average Bonchev–Trinajstić information content (AvgIpc) is 3.24. The van der Waals surface area contributed by atoms with Crippen LogP contribution in [-0.4, -0.2) is 39.0 Å². The van der Waals surface area contributed by atoms with Gasteiger partial charge in [0.1, 0.15) is 5.82 Å². The molecular formula is C22H23FN4O2. The lowest BCUT2D eigenvalue weighted by atomic mass is 9.93. The Morgan fingerprint density at radius 1 is 1.28 bits per heavy atom. The third kappa shape index (κ3) is 4.50. The molecule has 7 heteroatoms. The van der Waals surface area contributed by atoms with Crippen LogP contribution < -0.4 is 0 Å². The first-order chi connectivity index (χ1) is 14.1. The quantitative estimate of drug-likeness (QED) is 0.652. The van der Waals surface area contributed by atoms with Gasteiger partial charge in [0, 0.05) is 43.0 Å². The number of pyridine rings is 1. The first kappa shape index (κ1) is 19.2. The van der Waals surface area contributed by atoms with Gasteiger partial charge in [-0.05, 0) is 61.9 Å². The maximum atomic E-state index is 13.8. The number of likely N-dealkylation sites (tertiary alicyclic amines) is 1. The molecule has 4 rings (SSSR count). The number of piperidine rings is 1. The third-order valence-electron chi connectivity index (χ3n) is 5.40. The van der Waals surface area contributed by atoms with Crippen molar-refractivity contribution in [1.82, 2.24) is 20.0 Å². The number of amides is 1. The van der Waals surface area contributed by atoms with Crippen molar-refractivity contribution in [3.05, 3.63) is 65.5 Å². The number of rotatable bonds is 5. The van der Waals surface area contributed by atoms with E-state index in [-0.39, 0.29) is 11.7 Å². The van der Waals surface area contributed by atoms with Gasteiger partial charge in [-0.2, -0.15) is 4.98 Å². The van der Waals surface area contributed by atoms with Gasteiger partial charge in [0.05, 0.1) is 0 Å². The summed E-state index contributed by atoms with van der Waals surface area (Å²) >= 11 is 0. The number of nitrogens with zero attached hydrogens (tertiary/aromatic N) is 4. The zero-order valence-electron chi connectivity index (χ0n) is 16.3. The summed E-state index contributed by atoms with van der Waals surface area (Å²) in [5, 5.41) is 4.07. The second kappa shape index (κ2) is 8.51. The Morgan fingerprint density at radius 3 is 2.90 bits per heavy atom. The van der Waals surface area contributed by atoms with E-state index in [0.717, 1.165) is 24.8 Å². The molecule has 1 aromatic carbocycles. The highest BCUT2D eigenvalue weighted by atomic mass is 19.1. The van der Waals surface area contributed by atoms with Gasteiger partial charge in [-0.1, -0.05) is 11.2 Å². The zero-order valence-corrected chi connectivity index (χ0v) is 16.3. The van der Waals surface area contributed by atoms with Crippen LogP contribution in [0, 0.1) is 18.7 Å². The van der Waals surface area contributed by atoms with Crippen molar-refractivity contribution in [2.24, 2.45) is 5.92 Å². The molecule has 1 aliphatic rings. The monoisotopic (exact) mass is 394 g/mol. The molecule has 0 radical (unpaired) electrons. The van der Waals surface area contributed by atoms with Gasteiger partial charge in [0.15, 0.2) is 5.82 Å². The average molecular weight is 394 g/mol. The van der Waals surface area contributed by atoms with Crippen LogP contribution in [0.4, 0.5) is 4.39 Å². The van der Waals surface area contributed by atoms with Crippen LogP contribution >= 0.6 is 0 Å². The van der Waals surface area contributed by atoms with E-state index in [9.17, 15) is 9.18 Å². The van der Waals surface area contributed by atoms with Crippen molar-refractivity contribution in [2.75, 3.05) is 13.1 Å². The summed E-state index contributed by atoms with van der Waals surface area (Å²) in [4.78, 5) is 23.0. The van der Waals surface area contributed by atoms with Crippen LogP contribution in [0.1, 0.15) is 41.0 Å². The second-order valence-electron chi connectivity index (χ2n) is 7.51. The number of carbonyl (C=O) groups is 1. The molecule has 2 aromatic heterocycles. The minimum absolute atomic E-state index is 0.104. The van der Waals surface area contributed by atoms with E-state index in [0.29, 0.717) is 48.3 Å². The van der Waals surface area contributed by atoms with E-state index >= 15 is 0 Å². The van der Waals surface area contributed by atoms with Crippen molar-refractivity contribution in [3.8, 4) is 11.5 Å². The highest BCUT2D eigenvalue weighted by molar-refractivity contribution is 5.94. The number of carbonyl (C=O) groups excluding carboxylic acids is 1. The van der Waals surface area contributed by atoms with Gasteiger partial charge in [-0.15, -0.1) is 0 Å². The molecule has 3 heterocycles. The summed E-state index contributed by atoms with van der Waals surface area (Å²) < 4.78 is 19.2. The molecule has 1 atom stereocenters. The molecule has 0 saturated carbocycles. The van der Waals surface area contributed by atoms with E-state index in [1.165, 1.54) is 6.07 Å². The Hall–Kier alpha value is -3.09. The molecular weight excluding hydrogens is 371 g/mol. The van der Waals surface area contributed by atoms with E-state index in [1.54, 1.807) is 31.5 Å². The molecule has 150 valence electrons. The summed E-state index contributed by atoms with van der Waals surface area (Å²) in [6, 6.07) is 8.35. The highest BCUT2D eigenvalue weighted by Crippen LogP contribution is 2.24. The normalized spacial score (nSPS) is 16.8. The lowest BCUT2D eigenvalue weighted by Gasteiger charge is -2.32. The van der Waals surface area contributed by atoms with Crippen molar-refractivity contribution in [3.63, 3.8) is 0 Å². The van der Waals surface area contributed by atoms with Gasteiger partial charge >= 0.3 is 0 Å². The largest absolute Gasteiger partial charge is 0.338 e. The SMILES string of the molecule is Cc1ccc(C(=O)N2CCCC(CCc3noc(-c4ccncc4)n3)C2)cc1F. The molecule has 0 bridgehead atoms. The van der Waals surface area contributed by atoms with Crippen molar-refractivity contribution < 1.29 is 13.7 Å². The fraction of sp³-hybridized carbons (Fsp3) is 0.364. The Morgan fingerprint density at radius 2 is 2.10 bits per heavy atom. The summed E-state index contributed by atoms with van der Waals surface area (Å²) in [7, 11) is 0. The maximum Gasteiger partial charge on any atom is 0.258 e. The van der Waals surface area contributed by atoms with Gasteiger partial charge < -0.3 is 9.42 Å². The standard InChI is InChI=1S/C22H23FN4O2/c1-15-4-6-18(13-19(15)23)22(28)27-12-2-3-16(14-27)5-7-20-25-21(29-26-20)17-8-10-24-11-9-17/h4,6,8-11,13,16H,2-3,5,7,12,14H2,1H3. The Kier molecular flexibility index (Phi) is 5.64. The van der Waals surface area contributed by atoms with Crippen LogP contribution in [0.5, 0.6) is 0 Å². The van der Waals surface area contributed by atoms with Crippen LogP contribution in [0.25, 0.3) is 11.5 Å². The number of aromatic nitrogens is 3. The van der Waals surface area contributed by atoms with Crippen LogP contribution in [0.2, 0.25) is 0 Å². The summed E-state index contributed by atoms with van der Waals surface area (Å²) in [6.07, 6.45) is 6.95. The zero-order chi connectivity index (χ0) is 20.2. The first-order valence-electron chi connectivity index (χ1n) is 9.88. The minimum atomic E-state index is -0.341.